The van der Waals surface area contributed by atoms with E-state index in [1.54, 1.807) is 5.56 Å². The Morgan fingerprint density at radius 3 is 2.40 bits per heavy atom. The maximum absolute atomic E-state index is 3.82. The first-order chi connectivity index (χ1) is 9.61. The first kappa shape index (κ1) is 12.9. The van der Waals surface area contributed by atoms with Gasteiger partial charge in [-0.05, 0) is 74.5 Å². The average molecular weight is 269 g/mol. The van der Waals surface area contributed by atoms with Gasteiger partial charge in [0.05, 0.1) is 0 Å². The van der Waals surface area contributed by atoms with Gasteiger partial charge in [-0.1, -0.05) is 24.6 Å². The van der Waals surface area contributed by atoms with Crippen LogP contribution in [0.25, 0.3) is 0 Å². The van der Waals surface area contributed by atoms with Crippen LogP contribution in [0.1, 0.15) is 61.6 Å². The van der Waals surface area contributed by atoms with Crippen LogP contribution in [0.5, 0.6) is 0 Å². The molecule has 3 saturated carbocycles. The van der Waals surface area contributed by atoms with Gasteiger partial charge in [-0.25, -0.2) is 0 Å². The van der Waals surface area contributed by atoms with Crippen molar-refractivity contribution in [1.29, 1.82) is 0 Å². The second-order valence-electron chi connectivity index (χ2n) is 7.94. The Morgan fingerprint density at radius 2 is 1.85 bits per heavy atom. The summed E-state index contributed by atoms with van der Waals surface area (Å²) in [7, 11) is 0. The van der Waals surface area contributed by atoms with E-state index in [2.05, 4.69) is 37.4 Å². The number of rotatable bonds is 4. The van der Waals surface area contributed by atoms with Crippen molar-refractivity contribution in [2.75, 3.05) is 6.54 Å². The van der Waals surface area contributed by atoms with E-state index in [9.17, 15) is 0 Å². The largest absolute Gasteiger partial charge is 0.313 e. The third-order valence-electron chi connectivity index (χ3n) is 6.27. The van der Waals surface area contributed by atoms with Gasteiger partial charge in [0.25, 0.3) is 0 Å². The molecule has 1 aromatic carbocycles. The van der Waals surface area contributed by atoms with Gasteiger partial charge in [-0.15, -0.1) is 0 Å². The van der Waals surface area contributed by atoms with E-state index in [0.29, 0.717) is 5.41 Å². The van der Waals surface area contributed by atoms with Gasteiger partial charge in [-0.2, -0.15) is 0 Å². The van der Waals surface area contributed by atoms with Crippen molar-refractivity contribution >= 4 is 0 Å². The summed E-state index contributed by atoms with van der Waals surface area (Å²) >= 11 is 0. The molecule has 1 spiro atoms. The number of aryl methyl sites for hydroxylation is 2. The lowest BCUT2D eigenvalue weighted by molar-refractivity contribution is -0.0484. The summed E-state index contributed by atoms with van der Waals surface area (Å²) < 4.78 is 0. The molecule has 1 nitrogen and oxygen atoms in total. The van der Waals surface area contributed by atoms with Gasteiger partial charge in [0.1, 0.15) is 0 Å². The molecule has 1 heteroatoms. The van der Waals surface area contributed by atoms with Crippen molar-refractivity contribution in [2.24, 2.45) is 5.41 Å². The molecular weight excluding hydrogens is 242 g/mol. The molecule has 3 aliphatic rings. The second-order valence-corrected chi connectivity index (χ2v) is 7.94. The van der Waals surface area contributed by atoms with Crippen LogP contribution < -0.4 is 5.32 Å². The van der Waals surface area contributed by atoms with Crippen LogP contribution in [0.3, 0.4) is 0 Å². The van der Waals surface area contributed by atoms with Gasteiger partial charge in [0.15, 0.2) is 0 Å². The van der Waals surface area contributed by atoms with Crippen LogP contribution >= 0.6 is 0 Å². The molecule has 108 valence electrons. The molecule has 0 aromatic heterocycles. The monoisotopic (exact) mass is 269 g/mol. The van der Waals surface area contributed by atoms with Crippen molar-refractivity contribution < 1.29 is 0 Å². The van der Waals surface area contributed by atoms with E-state index < -0.39 is 0 Å². The van der Waals surface area contributed by atoms with E-state index in [1.165, 1.54) is 62.6 Å². The Morgan fingerprint density at radius 1 is 1.10 bits per heavy atom. The van der Waals surface area contributed by atoms with Gasteiger partial charge in [0, 0.05) is 18.0 Å². The molecule has 1 aromatic rings. The summed E-state index contributed by atoms with van der Waals surface area (Å²) in [5.74, 6) is 0. The van der Waals surface area contributed by atoms with Crippen LogP contribution in [-0.4, -0.2) is 12.6 Å². The molecule has 3 aliphatic carbocycles. The Labute approximate surface area is 123 Å². The predicted octanol–water partition coefficient (Wildman–Crippen LogP) is 4.26. The topological polar surface area (TPSA) is 12.0 Å². The minimum atomic E-state index is 0.446. The molecule has 0 atom stereocenters. The van der Waals surface area contributed by atoms with Crippen molar-refractivity contribution in [3.8, 4) is 0 Å². The first-order valence-corrected chi connectivity index (χ1v) is 8.42. The van der Waals surface area contributed by atoms with Crippen molar-refractivity contribution in [2.45, 2.75) is 70.3 Å². The highest BCUT2D eigenvalue weighted by Gasteiger charge is 2.57. The van der Waals surface area contributed by atoms with Crippen LogP contribution in [0, 0.1) is 19.3 Å². The van der Waals surface area contributed by atoms with Crippen LogP contribution in [0.15, 0.2) is 18.2 Å². The maximum Gasteiger partial charge on any atom is 0.00885 e. The second kappa shape index (κ2) is 4.34. The van der Waals surface area contributed by atoms with Gasteiger partial charge >= 0.3 is 0 Å². The Bertz CT molecular complexity index is 515. The van der Waals surface area contributed by atoms with Crippen LogP contribution in [-0.2, 0) is 5.41 Å². The zero-order chi connectivity index (χ0) is 13.8. The summed E-state index contributed by atoms with van der Waals surface area (Å²) in [5.41, 5.74) is 5.68. The summed E-state index contributed by atoms with van der Waals surface area (Å²) in [5, 5.41) is 3.82. The quantitative estimate of drug-likeness (QED) is 0.861. The Hall–Kier alpha value is -0.820. The molecule has 4 rings (SSSR count). The lowest BCUT2D eigenvalue weighted by Gasteiger charge is -2.62. The predicted molar refractivity (Wildman–Crippen MR) is 84.1 cm³/mol. The van der Waals surface area contributed by atoms with Gasteiger partial charge in [-0.3, -0.25) is 0 Å². The lowest BCUT2D eigenvalue weighted by Crippen LogP contribution is -2.57. The third-order valence-corrected chi connectivity index (χ3v) is 6.27. The minimum Gasteiger partial charge on any atom is -0.313 e. The fraction of sp³-hybridized carbons (Fsp3) is 0.684. The smallest absolute Gasteiger partial charge is 0.00885 e. The summed E-state index contributed by atoms with van der Waals surface area (Å²) in [6.45, 7) is 5.70. The normalized spacial score (nSPS) is 26.1. The maximum atomic E-state index is 3.82. The summed E-state index contributed by atoms with van der Waals surface area (Å²) in [4.78, 5) is 0. The van der Waals surface area contributed by atoms with E-state index in [-0.39, 0.29) is 0 Å². The zero-order valence-corrected chi connectivity index (χ0v) is 13.0. The number of nitrogens with one attached hydrogen (secondary N) is 1. The highest BCUT2D eigenvalue weighted by molar-refractivity contribution is 5.38. The van der Waals surface area contributed by atoms with Crippen molar-refractivity contribution in [3.05, 3.63) is 34.9 Å². The zero-order valence-electron chi connectivity index (χ0n) is 13.0. The molecule has 0 aliphatic heterocycles. The molecule has 0 amide bonds. The molecule has 0 unspecified atom stereocenters. The Balaban J connectivity index is 1.58. The fourth-order valence-electron chi connectivity index (χ4n) is 4.54. The number of hydrogen-bond donors (Lipinski definition) is 1. The molecule has 0 bridgehead atoms. The summed E-state index contributed by atoms with van der Waals surface area (Å²) in [6, 6.07) is 8.03. The lowest BCUT2D eigenvalue weighted by atomic mass is 9.43. The molecule has 1 N–H and O–H groups in total. The third kappa shape index (κ3) is 2.02. The highest BCUT2D eigenvalue weighted by Crippen LogP contribution is 2.64. The number of benzene rings is 1. The molecule has 0 saturated heterocycles. The fourth-order valence-corrected chi connectivity index (χ4v) is 4.54. The molecule has 0 heterocycles. The first-order valence-electron chi connectivity index (χ1n) is 8.42. The van der Waals surface area contributed by atoms with E-state index in [1.807, 2.05) is 0 Å². The van der Waals surface area contributed by atoms with E-state index >= 15 is 0 Å². The van der Waals surface area contributed by atoms with Crippen LogP contribution in [0.2, 0.25) is 0 Å². The van der Waals surface area contributed by atoms with Crippen molar-refractivity contribution in [3.63, 3.8) is 0 Å². The van der Waals surface area contributed by atoms with Crippen molar-refractivity contribution in [1.82, 2.24) is 5.32 Å². The van der Waals surface area contributed by atoms with Gasteiger partial charge in [0.2, 0.25) is 0 Å². The van der Waals surface area contributed by atoms with Gasteiger partial charge < -0.3 is 5.32 Å². The standard InChI is InChI=1S/C19H27N/c1-14-4-5-16(10-15(14)2)19(13-20-17-6-7-17)11-18(12-19)8-3-9-18/h4-5,10,17,20H,3,6-9,11-13H2,1-2H3. The average Bonchev–Trinajstić information content (AvgIpc) is 3.14. The molecule has 20 heavy (non-hydrogen) atoms. The van der Waals surface area contributed by atoms with Crippen LogP contribution in [0.4, 0.5) is 0 Å². The molecule has 3 fully saturated rings. The SMILES string of the molecule is Cc1ccc(C2(CNC3CC3)CC3(CCC3)C2)cc1C. The van der Waals surface area contributed by atoms with E-state index in [4.69, 9.17) is 0 Å². The molecular formula is C19H27N. The number of hydrogen-bond acceptors (Lipinski definition) is 1. The van der Waals surface area contributed by atoms with E-state index in [0.717, 1.165) is 11.5 Å². The summed E-state index contributed by atoms with van der Waals surface area (Å²) in [6.07, 6.45) is 10.1. The Kier molecular flexibility index (Phi) is 2.79. The minimum absolute atomic E-state index is 0.446. The highest BCUT2D eigenvalue weighted by atomic mass is 15.0. The molecule has 0 radical (unpaired) electrons.